The molecule has 1 saturated heterocycles. The second-order valence-corrected chi connectivity index (χ2v) is 4.64. The van der Waals surface area contributed by atoms with Gasteiger partial charge in [-0.25, -0.2) is 0 Å². The second kappa shape index (κ2) is 6.14. The quantitative estimate of drug-likeness (QED) is 0.924. The minimum Gasteiger partial charge on any atom is -0.352 e. The number of amides is 1. The Morgan fingerprint density at radius 3 is 2.59 bits per heavy atom. The molecule has 0 unspecified atom stereocenters. The van der Waals surface area contributed by atoms with Crippen molar-refractivity contribution in [3.63, 3.8) is 0 Å². The largest absolute Gasteiger partial charge is 0.352 e. The van der Waals surface area contributed by atoms with Gasteiger partial charge in [0, 0.05) is 23.0 Å². The number of hydrogen-bond acceptors (Lipinski definition) is 3. The van der Waals surface area contributed by atoms with Gasteiger partial charge < -0.3 is 14.8 Å². The van der Waals surface area contributed by atoms with Gasteiger partial charge in [-0.3, -0.25) is 4.79 Å². The number of ether oxygens (including phenoxy) is 2. The molecule has 1 heterocycles. The Balaban J connectivity index is 1.75. The van der Waals surface area contributed by atoms with E-state index in [1.807, 2.05) is 12.1 Å². The second-order valence-electron chi connectivity index (χ2n) is 3.72. The van der Waals surface area contributed by atoms with Gasteiger partial charge in [0.2, 0.25) is 0 Å². The van der Waals surface area contributed by atoms with Crippen LogP contribution in [-0.2, 0) is 9.47 Å². The zero-order chi connectivity index (χ0) is 12.1. The summed E-state index contributed by atoms with van der Waals surface area (Å²) in [5.74, 6) is -0.0736. The summed E-state index contributed by atoms with van der Waals surface area (Å²) < 4.78 is 11.5. The van der Waals surface area contributed by atoms with Gasteiger partial charge >= 0.3 is 0 Å². The van der Waals surface area contributed by atoms with Gasteiger partial charge in [0.05, 0.1) is 13.2 Å². The number of rotatable bonds is 4. The molecule has 1 N–H and O–H groups in total. The van der Waals surface area contributed by atoms with E-state index >= 15 is 0 Å². The maximum absolute atomic E-state index is 11.7. The number of halogens is 1. The number of benzene rings is 1. The fraction of sp³-hybridized carbons (Fsp3) is 0.417. The average Bonchev–Trinajstić information content (AvgIpc) is 2.83. The summed E-state index contributed by atoms with van der Waals surface area (Å²) in [6.45, 7) is 1.84. The number of carbonyl (C=O) groups excluding carboxylic acids is 1. The lowest BCUT2D eigenvalue weighted by Gasteiger charge is -2.09. The lowest BCUT2D eigenvalue weighted by atomic mass is 10.2. The molecule has 4 nitrogen and oxygen atoms in total. The van der Waals surface area contributed by atoms with E-state index in [0.29, 0.717) is 31.7 Å². The molecule has 17 heavy (non-hydrogen) atoms. The van der Waals surface area contributed by atoms with Crippen LogP contribution in [0, 0.1) is 0 Å². The number of hydrogen-bond donors (Lipinski definition) is 1. The SMILES string of the molecule is O=C(NCCC1OCCO1)c1ccc(Br)cc1. The van der Waals surface area contributed by atoms with Crippen molar-refractivity contribution >= 4 is 21.8 Å². The van der Waals surface area contributed by atoms with Crippen LogP contribution in [0.5, 0.6) is 0 Å². The van der Waals surface area contributed by atoms with Crippen molar-refractivity contribution in [2.24, 2.45) is 0 Å². The fourth-order valence-corrected chi connectivity index (χ4v) is 1.85. The topological polar surface area (TPSA) is 47.6 Å². The summed E-state index contributed by atoms with van der Waals surface area (Å²) in [6.07, 6.45) is 0.516. The molecule has 0 bridgehead atoms. The van der Waals surface area contributed by atoms with Crippen LogP contribution in [0.15, 0.2) is 28.7 Å². The van der Waals surface area contributed by atoms with Gasteiger partial charge in [-0.2, -0.15) is 0 Å². The molecular formula is C12H14BrNO3. The summed E-state index contributed by atoms with van der Waals surface area (Å²) in [6, 6.07) is 7.25. The summed E-state index contributed by atoms with van der Waals surface area (Å²) >= 11 is 3.33. The monoisotopic (exact) mass is 299 g/mol. The summed E-state index contributed by atoms with van der Waals surface area (Å²) in [5.41, 5.74) is 0.654. The first-order valence-corrected chi connectivity index (χ1v) is 6.32. The Kier molecular flexibility index (Phi) is 4.53. The van der Waals surface area contributed by atoms with Crippen LogP contribution >= 0.6 is 15.9 Å². The average molecular weight is 300 g/mol. The van der Waals surface area contributed by atoms with Gasteiger partial charge in [0.1, 0.15) is 0 Å². The van der Waals surface area contributed by atoms with E-state index in [9.17, 15) is 4.79 Å². The predicted molar refractivity (Wildman–Crippen MR) is 66.8 cm³/mol. The minimum atomic E-state index is -0.166. The fourth-order valence-electron chi connectivity index (χ4n) is 1.58. The van der Waals surface area contributed by atoms with E-state index in [0.717, 1.165) is 4.47 Å². The van der Waals surface area contributed by atoms with Gasteiger partial charge in [-0.1, -0.05) is 15.9 Å². The Labute approximate surface area is 108 Å². The van der Waals surface area contributed by atoms with Crippen LogP contribution in [0.1, 0.15) is 16.8 Å². The van der Waals surface area contributed by atoms with E-state index in [-0.39, 0.29) is 12.2 Å². The molecule has 92 valence electrons. The Hall–Kier alpha value is -0.910. The number of nitrogens with one attached hydrogen (secondary N) is 1. The van der Waals surface area contributed by atoms with Crippen LogP contribution in [0.25, 0.3) is 0 Å². The molecule has 1 aromatic carbocycles. The van der Waals surface area contributed by atoms with Crippen LogP contribution in [0.2, 0.25) is 0 Å². The highest BCUT2D eigenvalue weighted by Gasteiger charge is 2.15. The molecule has 0 aromatic heterocycles. The van der Waals surface area contributed by atoms with Crippen molar-refractivity contribution in [1.82, 2.24) is 5.32 Å². The summed E-state index contributed by atoms with van der Waals surface area (Å²) in [5, 5.41) is 2.83. The molecule has 0 saturated carbocycles. The highest BCUT2D eigenvalue weighted by atomic mass is 79.9. The van der Waals surface area contributed by atoms with E-state index in [2.05, 4.69) is 21.2 Å². The molecule has 5 heteroatoms. The Bertz CT molecular complexity index is 374. The first-order chi connectivity index (χ1) is 8.25. The molecule has 1 aliphatic heterocycles. The maximum Gasteiger partial charge on any atom is 0.251 e. The van der Waals surface area contributed by atoms with Gasteiger partial charge in [-0.05, 0) is 24.3 Å². The first kappa shape index (κ1) is 12.5. The molecule has 0 aliphatic carbocycles. The molecule has 1 aliphatic rings. The Morgan fingerprint density at radius 1 is 1.29 bits per heavy atom. The molecule has 0 atom stereocenters. The lowest BCUT2D eigenvalue weighted by molar-refractivity contribution is -0.0455. The third-order valence-electron chi connectivity index (χ3n) is 2.46. The third-order valence-corrected chi connectivity index (χ3v) is 2.99. The van der Waals surface area contributed by atoms with Gasteiger partial charge in [0.25, 0.3) is 5.91 Å². The predicted octanol–water partition coefficient (Wildman–Crippen LogP) is 1.94. The zero-order valence-corrected chi connectivity index (χ0v) is 10.9. The van der Waals surface area contributed by atoms with Crippen molar-refractivity contribution in [2.45, 2.75) is 12.7 Å². The van der Waals surface area contributed by atoms with E-state index in [1.54, 1.807) is 12.1 Å². The molecule has 1 amide bonds. The van der Waals surface area contributed by atoms with Crippen LogP contribution < -0.4 is 5.32 Å². The maximum atomic E-state index is 11.7. The minimum absolute atomic E-state index is 0.0736. The van der Waals surface area contributed by atoms with E-state index in [4.69, 9.17) is 9.47 Å². The molecule has 0 radical (unpaired) electrons. The van der Waals surface area contributed by atoms with Crippen molar-refractivity contribution in [2.75, 3.05) is 19.8 Å². The van der Waals surface area contributed by atoms with Gasteiger partial charge in [0.15, 0.2) is 6.29 Å². The normalized spacial score (nSPS) is 16.1. The molecule has 1 fully saturated rings. The molecular weight excluding hydrogens is 286 g/mol. The van der Waals surface area contributed by atoms with E-state index < -0.39 is 0 Å². The third kappa shape index (κ3) is 3.80. The molecule has 0 spiro atoms. The highest BCUT2D eigenvalue weighted by Crippen LogP contribution is 2.10. The molecule has 2 rings (SSSR count). The van der Waals surface area contributed by atoms with Gasteiger partial charge in [-0.15, -0.1) is 0 Å². The van der Waals surface area contributed by atoms with Crippen LogP contribution in [-0.4, -0.2) is 32.0 Å². The Morgan fingerprint density at radius 2 is 1.94 bits per heavy atom. The van der Waals surface area contributed by atoms with Crippen LogP contribution in [0.3, 0.4) is 0 Å². The summed E-state index contributed by atoms with van der Waals surface area (Å²) in [4.78, 5) is 11.7. The molecule has 1 aromatic rings. The number of carbonyl (C=O) groups is 1. The van der Waals surface area contributed by atoms with Crippen molar-refractivity contribution in [3.8, 4) is 0 Å². The highest BCUT2D eigenvalue weighted by molar-refractivity contribution is 9.10. The van der Waals surface area contributed by atoms with E-state index in [1.165, 1.54) is 0 Å². The van der Waals surface area contributed by atoms with Crippen molar-refractivity contribution < 1.29 is 14.3 Å². The smallest absolute Gasteiger partial charge is 0.251 e. The summed E-state index contributed by atoms with van der Waals surface area (Å²) in [7, 11) is 0. The zero-order valence-electron chi connectivity index (χ0n) is 9.32. The first-order valence-electron chi connectivity index (χ1n) is 5.53. The van der Waals surface area contributed by atoms with Crippen LogP contribution in [0.4, 0.5) is 0 Å². The van der Waals surface area contributed by atoms with Crippen molar-refractivity contribution in [1.29, 1.82) is 0 Å². The lowest BCUT2D eigenvalue weighted by Crippen LogP contribution is -2.27. The standard InChI is InChI=1S/C12H14BrNO3/c13-10-3-1-9(2-4-10)12(15)14-6-5-11-16-7-8-17-11/h1-4,11H,5-8H2,(H,14,15). The van der Waals surface area contributed by atoms with Crippen molar-refractivity contribution in [3.05, 3.63) is 34.3 Å².